The molecule has 334 valence electrons. The van der Waals surface area contributed by atoms with Crippen LogP contribution in [0.5, 0.6) is 0 Å². The van der Waals surface area contributed by atoms with E-state index in [0.717, 1.165) is 30.2 Å². The Morgan fingerprint density at radius 2 is 0.483 bits per heavy atom. The number of hydrogen-bond acceptors (Lipinski definition) is 18. The molecule has 0 aromatic rings. The van der Waals surface area contributed by atoms with Gasteiger partial charge in [0, 0.05) is 56.4 Å². The smallest absolute Gasteiger partial charge is 0.411 e. The van der Waals surface area contributed by atoms with Crippen LogP contribution < -0.4 is 0 Å². The maximum absolute atomic E-state index is 5.38. The number of thiocarbonyl (C=S) groups is 9. The van der Waals surface area contributed by atoms with E-state index in [1.807, 2.05) is 161 Å². The molecule has 0 bridgehead atoms. The molecule has 0 N–H and O–H groups in total. The molecule has 0 amide bonds. The minimum absolute atomic E-state index is 0. The van der Waals surface area contributed by atoms with E-state index in [1.165, 1.54) is 21.6 Å². The van der Waals surface area contributed by atoms with Crippen LogP contribution in [-0.2, 0) is 44.7 Å². The third-order valence-electron chi connectivity index (χ3n) is 4.34. The third kappa shape index (κ3) is 49.1. The Bertz CT molecular complexity index is 1170. The Labute approximate surface area is 458 Å². The summed E-state index contributed by atoms with van der Waals surface area (Å²) in [6.45, 7) is 0. The van der Waals surface area contributed by atoms with Crippen LogP contribution in [0.1, 0.15) is 0 Å². The topological polar surface area (TPSA) is 29.2 Å². The molecular formula is C28H57As2N9S18Zn. The van der Waals surface area contributed by atoms with Gasteiger partial charge in [-0.2, -0.15) is 0 Å². The van der Waals surface area contributed by atoms with E-state index in [9.17, 15) is 0 Å². The molecule has 0 saturated carbocycles. The minimum Gasteiger partial charge on any atom is -0.411 e. The standard InChI is InChI=1S/C9H18AsN3S6.C7H15AsN2S4.C6H12N2S4.2C3H7NS2.Zn/c1-11(2)7(14)17-10(18-8(15)12(3)4)19-9(16)13(5)6;1-8(13-6(11)9(2)3)14-7(12)10(4)5;1-7(2)5(9)11-12-6(10)8(3)4;2*1-4(2)3(5)6;/h1-6H3;1-5H3;1-4H3;2*1-2H3,(H,5,6);/q;;;;;+2/p-2. The van der Waals surface area contributed by atoms with Crippen LogP contribution >= 0.6 is 182 Å². The zero-order valence-electron chi connectivity index (χ0n) is 36.5. The van der Waals surface area contributed by atoms with Gasteiger partial charge in [0.15, 0.2) is 0 Å². The van der Waals surface area contributed by atoms with Crippen molar-refractivity contribution in [3.05, 3.63) is 0 Å². The van der Waals surface area contributed by atoms with Crippen molar-refractivity contribution in [2.24, 2.45) is 0 Å². The summed E-state index contributed by atoms with van der Waals surface area (Å²) in [5.41, 5.74) is 2.26. The quantitative estimate of drug-likeness (QED) is 0.116. The fourth-order valence-electron chi connectivity index (χ4n) is 1.11. The summed E-state index contributed by atoms with van der Waals surface area (Å²) in [7, 11) is 46.6. The molecule has 58 heavy (non-hydrogen) atoms. The summed E-state index contributed by atoms with van der Waals surface area (Å²) in [6.07, 6.45) is 0. The van der Waals surface area contributed by atoms with Gasteiger partial charge in [0.2, 0.25) is 0 Å². The van der Waals surface area contributed by atoms with Gasteiger partial charge in [-0.25, -0.2) is 0 Å². The minimum atomic E-state index is -1.45. The van der Waals surface area contributed by atoms with Crippen molar-refractivity contribution < 1.29 is 19.5 Å². The van der Waals surface area contributed by atoms with E-state index < -0.39 is 23.5 Å². The molecule has 0 aromatic heterocycles. The van der Waals surface area contributed by atoms with Crippen LogP contribution in [0.2, 0.25) is 5.71 Å². The first-order valence-corrected chi connectivity index (χ1v) is 39.1. The molecule has 0 unspecified atom stereocenters. The normalized spacial score (nSPS) is 9.33. The van der Waals surface area contributed by atoms with Crippen molar-refractivity contribution in [1.82, 2.24) is 44.1 Å². The first-order chi connectivity index (χ1) is 25.7. The zero-order chi connectivity index (χ0) is 46.5. The molecule has 0 radical (unpaired) electrons. The van der Waals surface area contributed by atoms with Gasteiger partial charge < -0.3 is 69.3 Å². The first kappa shape index (κ1) is 73.2. The van der Waals surface area contributed by atoms with Crippen LogP contribution in [0.25, 0.3) is 0 Å². The van der Waals surface area contributed by atoms with Crippen LogP contribution in [0.4, 0.5) is 0 Å². The fraction of sp³-hybridized carbons (Fsp3) is 0.679. The molecule has 0 saturated heterocycles. The molecule has 0 aliphatic rings. The summed E-state index contributed by atoms with van der Waals surface area (Å²) in [6, 6.07) is 0. The summed E-state index contributed by atoms with van der Waals surface area (Å²) in [4.78, 5) is 17.0. The van der Waals surface area contributed by atoms with Crippen LogP contribution in [0.15, 0.2) is 0 Å². The van der Waals surface area contributed by atoms with Crippen LogP contribution in [-0.4, -0.2) is 233 Å². The maximum Gasteiger partial charge on any atom is 2.00 e. The predicted octanol–water partition coefficient (Wildman–Crippen LogP) is 7.79. The van der Waals surface area contributed by atoms with Gasteiger partial charge in [0.1, 0.15) is 8.64 Å². The number of rotatable bonds is 5. The molecule has 0 heterocycles. The average molecular weight is 1310 g/mol. The molecule has 0 spiro atoms. The third-order valence-corrected chi connectivity index (χ3v) is 41.4. The Morgan fingerprint density at radius 3 is 0.621 bits per heavy atom. The van der Waals surface area contributed by atoms with Crippen LogP contribution in [0, 0.1) is 0 Å². The molecular weight excluding hydrogens is 1250 g/mol. The predicted molar refractivity (Wildman–Crippen MR) is 322 cm³/mol. The number of hydrogen-bond donors (Lipinski definition) is 0. The van der Waals surface area contributed by atoms with Crippen molar-refractivity contribution in [3.63, 3.8) is 0 Å². The molecule has 0 aliphatic heterocycles. The molecule has 0 atom stereocenters. The van der Waals surface area contributed by atoms with Gasteiger partial charge >= 0.3 is 276 Å². The van der Waals surface area contributed by atoms with Gasteiger partial charge in [-0.05, 0) is 21.6 Å². The Hall–Kier alpha value is 3.64. The van der Waals surface area contributed by atoms with E-state index in [2.05, 4.69) is 55.4 Å². The molecule has 0 rings (SSSR count). The van der Waals surface area contributed by atoms with E-state index in [0.29, 0.717) is 8.64 Å². The summed E-state index contributed by atoms with van der Waals surface area (Å²) >= 11 is 52.5. The summed E-state index contributed by atoms with van der Waals surface area (Å²) in [5, 5.41) is 0. The van der Waals surface area contributed by atoms with Gasteiger partial charge in [-0.15, -0.1) is 0 Å². The zero-order valence-corrected chi connectivity index (χ0v) is 57.9. The van der Waals surface area contributed by atoms with E-state index in [4.69, 9.17) is 85.5 Å². The van der Waals surface area contributed by atoms with Crippen molar-refractivity contribution in [1.29, 1.82) is 0 Å². The second kappa shape index (κ2) is 43.2. The van der Waals surface area contributed by atoms with E-state index in [-0.39, 0.29) is 19.5 Å². The fourth-order valence-corrected chi connectivity index (χ4v) is 40.5. The van der Waals surface area contributed by atoms with Crippen LogP contribution in [0.3, 0.4) is 0 Å². The molecule has 9 nitrogen and oxygen atoms in total. The van der Waals surface area contributed by atoms with Gasteiger partial charge in [0.25, 0.3) is 0 Å². The van der Waals surface area contributed by atoms with E-state index in [1.54, 1.807) is 59.9 Å². The van der Waals surface area contributed by atoms with Gasteiger partial charge in [0.05, 0.1) is 0 Å². The van der Waals surface area contributed by atoms with Gasteiger partial charge in [-0.1, -0.05) is 33.1 Å². The molecule has 0 aromatic carbocycles. The summed E-state index contributed by atoms with van der Waals surface area (Å²) in [5.74, 6) is 0. The largest absolute Gasteiger partial charge is 2.00 e. The Morgan fingerprint density at radius 1 is 0.328 bits per heavy atom. The monoisotopic (exact) mass is 1310 g/mol. The van der Waals surface area contributed by atoms with Crippen molar-refractivity contribution in [2.45, 2.75) is 5.71 Å². The molecule has 0 fully saturated rings. The first-order valence-electron chi connectivity index (χ1n) is 15.3. The second-order valence-electron chi connectivity index (χ2n) is 11.7. The van der Waals surface area contributed by atoms with Gasteiger partial charge in [-0.3, -0.25) is 0 Å². The second-order valence-corrected chi connectivity index (χ2v) is 48.0. The Balaban J connectivity index is -0.000000154. The van der Waals surface area contributed by atoms with Crippen molar-refractivity contribution in [3.8, 4) is 0 Å². The SMILES string of the molecule is CN(C)C(=S)SSC(=S)N(C)C.CN(C)C(=S)S[As](C)SC(=S)N(C)C.CN(C)C(=S)S[As](SC(=S)N(C)C)SC(=S)N(C)C.CN(C)C(=S)[S-].CN(C)C(=S)[S-].[Zn+2]. The van der Waals surface area contributed by atoms with Crippen molar-refractivity contribution >= 4 is 269 Å². The number of nitrogens with zero attached hydrogens (tertiary/aromatic N) is 9. The Kier molecular flexibility index (Phi) is 54.6. The molecule has 0 aliphatic carbocycles. The average Bonchev–Trinajstić information content (AvgIpc) is 3.07. The van der Waals surface area contributed by atoms with Crippen molar-refractivity contribution in [2.75, 3.05) is 127 Å². The van der Waals surface area contributed by atoms with E-state index >= 15 is 0 Å². The molecule has 30 heteroatoms. The maximum atomic E-state index is 5.38. The summed E-state index contributed by atoms with van der Waals surface area (Å²) < 4.78 is 7.29.